The van der Waals surface area contributed by atoms with Gasteiger partial charge in [0, 0.05) is 0 Å². The van der Waals surface area contributed by atoms with Crippen molar-refractivity contribution in [3.8, 4) is 5.75 Å². The standard InChI is InChI=1S/C19H23NO2/c1-3-18(16-11-9-15(2)10-12-16)20-19(21)13-14-22-17-7-5-4-6-8-17/h4-12,18H,3,13-14H2,1-2H3,(H,20,21). The largest absolute Gasteiger partial charge is 0.493 e. The predicted molar refractivity (Wildman–Crippen MR) is 88.9 cm³/mol. The molecule has 0 radical (unpaired) electrons. The van der Waals surface area contributed by atoms with Crippen molar-refractivity contribution < 1.29 is 9.53 Å². The molecule has 22 heavy (non-hydrogen) atoms. The van der Waals surface area contributed by atoms with Crippen LogP contribution in [0.3, 0.4) is 0 Å². The van der Waals surface area contributed by atoms with Gasteiger partial charge in [-0.05, 0) is 31.0 Å². The zero-order valence-electron chi connectivity index (χ0n) is 13.2. The lowest BCUT2D eigenvalue weighted by Crippen LogP contribution is -2.29. The van der Waals surface area contributed by atoms with Crippen molar-refractivity contribution in [2.75, 3.05) is 6.61 Å². The number of aryl methyl sites for hydroxylation is 1. The Kier molecular flexibility index (Phi) is 6.01. The number of nitrogens with one attached hydrogen (secondary N) is 1. The van der Waals surface area contributed by atoms with Gasteiger partial charge in [0.05, 0.1) is 19.1 Å². The van der Waals surface area contributed by atoms with E-state index in [2.05, 4.69) is 43.4 Å². The van der Waals surface area contributed by atoms with Crippen LogP contribution >= 0.6 is 0 Å². The highest BCUT2D eigenvalue weighted by atomic mass is 16.5. The van der Waals surface area contributed by atoms with Crippen LogP contribution in [0.15, 0.2) is 54.6 Å². The molecule has 1 N–H and O–H groups in total. The molecule has 1 amide bonds. The third-order valence-electron chi connectivity index (χ3n) is 3.56. The molecule has 0 bridgehead atoms. The van der Waals surface area contributed by atoms with Crippen molar-refractivity contribution in [3.05, 3.63) is 65.7 Å². The first kappa shape index (κ1) is 16.1. The monoisotopic (exact) mass is 297 g/mol. The Hall–Kier alpha value is -2.29. The Morgan fingerprint density at radius 1 is 1.09 bits per heavy atom. The van der Waals surface area contributed by atoms with Gasteiger partial charge in [0.25, 0.3) is 0 Å². The molecule has 0 fully saturated rings. The molecule has 2 aromatic carbocycles. The van der Waals surface area contributed by atoms with E-state index in [4.69, 9.17) is 4.74 Å². The number of amides is 1. The minimum absolute atomic E-state index is 0.0170. The highest BCUT2D eigenvalue weighted by molar-refractivity contribution is 5.76. The summed E-state index contributed by atoms with van der Waals surface area (Å²) in [5.41, 5.74) is 2.37. The van der Waals surface area contributed by atoms with Crippen molar-refractivity contribution in [1.29, 1.82) is 0 Å². The maximum Gasteiger partial charge on any atom is 0.223 e. The number of carbonyl (C=O) groups is 1. The second kappa shape index (κ2) is 8.23. The zero-order valence-corrected chi connectivity index (χ0v) is 13.2. The van der Waals surface area contributed by atoms with Gasteiger partial charge in [-0.2, -0.15) is 0 Å². The molecular weight excluding hydrogens is 274 g/mol. The summed E-state index contributed by atoms with van der Waals surface area (Å²) in [6.07, 6.45) is 1.23. The van der Waals surface area contributed by atoms with Crippen molar-refractivity contribution in [3.63, 3.8) is 0 Å². The predicted octanol–water partition coefficient (Wildman–Crippen LogP) is 4.03. The molecule has 3 nitrogen and oxygen atoms in total. The van der Waals surface area contributed by atoms with Crippen LogP contribution in [0.1, 0.15) is 36.9 Å². The Morgan fingerprint density at radius 2 is 1.77 bits per heavy atom. The third-order valence-corrected chi connectivity index (χ3v) is 3.56. The number of ether oxygens (including phenoxy) is 1. The van der Waals surface area contributed by atoms with Crippen LogP contribution in [0.25, 0.3) is 0 Å². The van der Waals surface area contributed by atoms with E-state index in [1.165, 1.54) is 5.56 Å². The highest BCUT2D eigenvalue weighted by Crippen LogP contribution is 2.17. The minimum atomic E-state index is 0.0170. The van der Waals surface area contributed by atoms with Crippen LogP contribution in [0.2, 0.25) is 0 Å². The van der Waals surface area contributed by atoms with Crippen LogP contribution in [0.4, 0.5) is 0 Å². The molecule has 0 spiro atoms. The molecule has 0 saturated heterocycles. The van der Waals surface area contributed by atoms with Gasteiger partial charge in [-0.25, -0.2) is 0 Å². The van der Waals surface area contributed by atoms with E-state index in [-0.39, 0.29) is 11.9 Å². The number of para-hydroxylation sites is 1. The molecule has 2 rings (SSSR count). The molecule has 0 aliphatic carbocycles. The van der Waals surface area contributed by atoms with Gasteiger partial charge < -0.3 is 10.1 Å². The van der Waals surface area contributed by atoms with E-state index in [1.807, 2.05) is 30.3 Å². The first-order valence-corrected chi connectivity index (χ1v) is 7.73. The lowest BCUT2D eigenvalue weighted by molar-refractivity contribution is -0.122. The summed E-state index contributed by atoms with van der Waals surface area (Å²) < 4.78 is 5.55. The molecule has 0 saturated carbocycles. The zero-order chi connectivity index (χ0) is 15.8. The van der Waals surface area contributed by atoms with Crippen molar-refractivity contribution >= 4 is 5.91 Å². The fraction of sp³-hybridized carbons (Fsp3) is 0.316. The van der Waals surface area contributed by atoms with Crippen LogP contribution in [0.5, 0.6) is 5.75 Å². The van der Waals surface area contributed by atoms with Crippen molar-refractivity contribution in [2.24, 2.45) is 0 Å². The third kappa shape index (κ3) is 4.92. The molecule has 0 aliphatic heterocycles. The summed E-state index contributed by atoms with van der Waals surface area (Å²) in [5.74, 6) is 0.809. The minimum Gasteiger partial charge on any atom is -0.493 e. The molecule has 0 aliphatic rings. The topological polar surface area (TPSA) is 38.3 Å². The van der Waals surface area contributed by atoms with E-state index in [1.54, 1.807) is 0 Å². The Bertz CT molecular complexity index is 578. The molecule has 1 unspecified atom stereocenters. The molecule has 116 valence electrons. The van der Waals surface area contributed by atoms with Crippen LogP contribution in [0, 0.1) is 6.92 Å². The van der Waals surface area contributed by atoms with Gasteiger partial charge in [-0.15, -0.1) is 0 Å². The smallest absolute Gasteiger partial charge is 0.223 e. The number of benzene rings is 2. The van der Waals surface area contributed by atoms with Crippen LogP contribution in [-0.2, 0) is 4.79 Å². The molecular formula is C19H23NO2. The first-order chi connectivity index (χ1) is 10.7. The van der Waals surface area contributed by atoms with Gasteiger partial charge in [-0.3, -0.25) is 4.79 Å². The first-order valence-electron chi connectivity index (χ1n) is 7.73. The summed E-state index contributed by atoms with van der Waals surface area (Å²) >= 11 is 0. The quantitative estimate of drug-likeness (QED) is 0.838. The van der Waals surface area contributed by atoms with Gasteiger partial charge >= 0.3 is 0 Å². The summed E-state index contributed by atoms with van der Waals surface area (Å²) in [6, 6.07) is 17.9. The van der Waals surface area contributed by atoms with E-state index < -0.39 is 0 Å². The summed E-state index contributed by atoms with van der Waals surface area (Å²) in [4.78, 5) is 12.1. The van der Waals surface area contributed by atoms with Gasteiger partial charge in [0.1, 0.15) is 5.75 Å². The average Bonchev–Trinajstić information content (AvgIpc) is 2.54. The fourth-order valence-electron chi connectivity index (χ4n) is 2.26. The highest BCUT2D eigenvalue weighted by Gasteiger charge is 2.12. The number of hydrogen-bond donors (Lipinski definition) is 1. The number of hydrogen-bond acceptors (Lipinski definition) is 2. The maximum atomic E-state index is 12.1. The number of carbonyl (C=O) groups excluding carboxylic acids is 1. The maximum absolute atomic E-state index is 12.1. The van der Waals surface area contributed by atoms with Crippen LogP contribution in [-0.4, -0.2) is 12.5 Å². The SMILES string of the molecule is CCC(NC(=O)CCOc1ccccc1)c1ccc(C)cc1. The second-order valence-corrected chi connectivity index (χ2v) is 5.35. The summed E-state index contributed by atoms with van der Waals surface area (Å²) in [6.45, 7) is 4.52. The van der Waals surface area contributed by atoms with E-state index in [0.717, 1.165) is 17.7 Å². The van der Waals surface area contributed by atoms with Crippen molar-refractivity contribution in [2.45, 2.75) is 32.7 Å². The van der Waals surface area contributed by atoms with Gasteiger partial charge in [-0.1, -0.05) is 55.0 Å². The van der Waals surface area contributed by atoms with E-state index >= 15 is 0 Å². The normalized spacial score (nSPS) is 11.7. The van der Waals surface area contributed by atoms with Gasteiger partial charge in [0.2, 0.25) is 5.91 Å². The van der Waals surface area contributed by atoms with Gasteiger partial charge in [0.15, 0.2) is 0 Å². The Balaban J connectivity index is 1.81. The Labute approximate surface area is 132 Å². The molecule has 1 atom stereocenters. The van der Waals surface area contributed by atoms with Crippen LogP contribution < -0.4 is 10.1 Å². The van der Waals surface area contributed by atoms with E-state index in [9.17, 15) is 4.79 Å². The van der Waals surface area contributed by atoms with Crippen molar-refractivity contribution in [1.82, 2.24) is 5.32 Å². The molecule has 3 heteroatoms. The fourth-order valence-corrected chi connectivity index (χ4v) is 2.26. The summed E-state index contributed by atoms with van der Waals surface area (Å²) in [5, 5.41) is 3.07. The molecule has 0 heterocycles. The van der Waals surface area contributed by atoms with E-state index in [0.29, 0.717) is 13.0 Å². The average molecular weight is 297 g/mol. The molecule has 2 aromatic rings. The second-order valence-electron chi connectivity index (χ2n) is 5.35. The molecule has 0 aromatic heterocycles. The lowest BCUT2D eigenvalue weighted by atomic mass is 10.0. The Morgan fingerprint density at radius 3 is 2.41 bits per heavy atom. The lowest BCUT2D eigenvalue weighted by Gasteiger charge is -2.18. The summed E-state index contributed by atoms with van der Waals surface area (Å²) in [7, 11) is 0. The number of rotatable bonds is 7.